The summed E-state index contributed by atoms with van der Waals surface area (Å²) < 4.78 is 5.96. The SMILES string of the molecule is Cc1cc(CNCc2ccc(Br)cn2)no1. The summed E-state index contributed by atoms with van der Waals surface area (Å²) in [6, 6.07) is 5.87. The minimum atomic E-state index is 0.690. The Kier molecular flexibility index (Phi) is 3.69. The van der Waals surface area contributed by atoms with Gasteiger partial charge in [0, 0.05) is 29.8 Å². The van der Waals surface area contributed by atoms with Crippen molar-refractivity contribution >= 4 is 15.9 Å². The molecule has 1 N–H and O–H groups in total. The quantitative estimate of drug-likeness (QED) is 0.935. The molecule has 0 amide bonds. The van der Waals surface area contributed by atoms with Crippen molar-refractivity contribution in [1.82, 2.24) is 15.5 Å². The largest absolute Gasteiger partial charge is 0.361 e. The Balaban J connectivity index is 1.82. The first-order valence-electron chi connectivity index (χ1n) is 4.97. The normalized spacial score (nSPS) is 10.6. The van der Waals surface area contributed by atoms with Crippen LogP contribution in [0.25, 0.3) is 0 Å². The van der Waals surface area contributed by atoms with Crippen molar-refractivity contribution in [1.29, 1.82) is 0 Å². The van der Waals surface area contributed by atoms with Gasteiger partial charge in [0.05, 0.1) is 11.4 Å². The molecule has 4 nitrogen and oxygen atoms in total. The van der Waals surface area contributed by atoms with E-state index in [-0.39, 0.29) is 0 Å². The van der Waals surface area contributed by atoms with E-state index in [0.717, 1.165) is 28.2 Å². The van der Waals surface area contributed by atoms with Gasteiger partial charge in [-0.1, -0.05) is 5.16 Å². The molecule has 0 aliphatic carbocycles. The van der Waals surface area contributed by atoms with Crippen LogP contribution in [0, 0.1) is 6.92 Å². The van der Waals surface area contributed by atoms with E-state index in [1.165, 1.54) is 0 Å². The van der Waals surface area contributed by atoms with E-state index in [9.17, 15) is 0 Å². The molecule has 84 valence electrons. The highest BCUT2D eigenvalue weighted by Gasteiger charge is 2.00. The zero-order chi connectivity index (χ0) is 11.4. The second-order valence-electron chi connectivity index (χ2n) is 3.50. The molecular formula is C11H12BrN3O. The molecule has 0 aliphatic rings. The molecular weight excluding hydrogens is 270 g/mol. The van der Waals surface area contributed by atoms with E-state index in [4.69, 9.17) is 4.52 Å². The maximum atomic E-state index is 4.97. The maximum absolute atomic E-state index is 4.97. The average molecular weight is 282 g/mol. The summed E-state index contributed by atoms with van der Waals surface area (Å²) in [7, 11) is 0. The first-order valence-corrected chi connectivity index (χ1v) is 5.77. The van der Waals surface area contributed by atoms with E-state index >= 15 is 0 Å². The topological polar surface area (TPSA) is 51.0 Å². The number of hydrogen-bond acceptors (Lipinski definition) is 4. The summed E-state index contributed by atoms with van der Waals surface area (Å²) in [5.74, 6) is 0.832. The van der Waals surface area contributed by atoms with Gasteiger partial charge < -0.3 is 9.84 Å². The third-order valence-electron chi connectivity index (χ3n) is 2.08. The van der Waals surface area contributed by atoms with E-state index in [1.54, 1.807) is 6.20 Å². The standard InChI is InChI=1S/C11H12BrN3O/c1-8-4-11(15-16-8)7-13-6-10-3-2-9(12)5-14-10/h2-5,13H,6-7H2,1H3. The van der Waals surface area contributed by atoms with Crippen molar-refractivity contribution in [2.45, 2.75) is 20.0 Å². The van der Waals surface area contributed by atoms with Gasteiger partial charge in [0.1, 0.15) is 5.76 Å². The molecule has 0 bridgehead atoms. The van der Waals surface area contributed by atoms with Gasteiger partial charge in [-0.05, 0) is 35.0 Å². The van der Waals surface area contributed by atoms with Gasteiger partial charge in [-0.2, -0.15) is 0 Å². The molecule has 0 spiro atoms. The summed E-state index contributed by atoms with van der Waals surface area (Å²) in [5, 5.41) is 7.15. The third kappa shape index (κ3) is 3.15. The van der Waals surface area contributed by atoms with Gasteiger partial charge >= 0.3 is 0 Å². The highest BCUT2D eigenvalue weighted by molar-refractivity contribution is 9.10. The predicted molar refractivity (Wildman–Crippen MR) is 63.7 cm³/mol. The zero-order valence-corrected chi connectivity index (χ0v) is 10.5. The van der Waals surface area contributed by atoms with E-state index < -0.39 is 0 Å². The Hall–Kier alpha value is -1.20. The molecule has 2 rings (SSSR count). The van der Waals surface area contributed by atoms with Gasteiger partial charge in [0.15, 0.2) is 0 Å². The third-order valence-corrected chi connectivity index (χ3v) is 2.55. The van der Waals surface area contributed by atoms with Crippen molar-refractivity contribution in [3.05, 3.63) is 46.0 Å². The molecule has 2 aromatic heterocycles. The van der Waals surface area contributed by atoms with Crippen LogP contribution >= 0.6 is 15.9 Å². The number of nitrogens with zero attached hydrogens (tertiary/aromatic N) is 2. The van der Waals surface area contributed by atoms with Crippen LogP contribution in [0.2, 0.25) is 0 Å². The van der Waals surface area contributed by atoms with Crippen molar-refractivity contribution in [2.75, 3.05) is 0 Å². The number of aromatic nitrogens is 2. The summed E-state index contributed by atoms with van der Waals surface area (Å²) in [5.41, 5.74) is 1.91. The van der Waals surface area contributed by atoms with Crippen molar-refractivity contribution in [3.8, 4) is 0 Å². The lowest BCUT2D eigenvalue weighted by molar-refractivity contribution is 0.388. The molecule has 0 fully saturated rings. The van der Waals surface area contributed by atoms with Crippen LogP contribution in [0.4, 0.5) is 0 Å². The second-order valence-corrected chi connectivity index (χ2v) is 4.42. The number of hydrogen-bond donors (Lipinski definition) is 1. The lowest BCUT2D eigenvalue weighted by atomic mass is 10.3. The first-order chi connectivity index (χ1) is 7.74. The molecule has 0 saturated heterocycles. The summed E-state index contributed by atoms with van der Waals surface area (Å²) >= 11 is 3.35. The van der Waals surface area contributed by atoms with Crippen LogP contribution in [-0.2, 0) is 13.1 Å². The van der Waals surface area contributed by atoms with Crippen LogP contribution < -0.4 is 5.32 Å². The van der Waals surface area contributed by atoms with Crippen LogP contribution in [-0.4, -0.2) is 10.1 Å². The van der Waals surface area contributed by atoms with Crippen molar-refractivity contribution < 1.29 is 4.52 Å². The Morgan fingerprint density at radius 3 is 2.75 bits per heavy atom. The first kappa shape index (κ1) is 11.3. The van der Waals surface area contributed by atoms with Crippen LogP contribution in [0.15, 0.2) is 33.4 Å². The van der Waals surface area contributed by atoms with Gasteiger partial charge in [-0.3, -0.25) is 4.98 Å². The van der Waals surface area contributed by atoms with E-state index in [2.05, 4.69) is 31.4 Å². The lowest BCUT2D eigenvalue weighted by Gasteiger charge is -2.01. The monoisotopic (exact) mass is 281 g/mol. The van der Waals surface area contributed by atoms with E-state index in [1.807, 2.05) is 25.1 Å². The molecule has 0 atom stereocenters. The fraction of sp³-hybridized carbons (Fsp3) is 0.273. The number of halogens is 1. The predicted octanol–water partition coefficient (Wildman–Crippen LogP) is 2.43. The molecule has 0 radical (unpaired) electrons. The number of pyridine rings is 1. The molecule has 0 unspecified atom stereocenters. The maximum Gasteiger partial charge on any atom is 0.133 e. The number of nitrogens with one attached hydrogen (secondary N) is 1. The Morgan fingerprint density at radius 2 is 2.12 bits per heavy atom. The smallest absolute Gasteiger partial charge is 0.133 e. The molecule has 2 heterocycles. The van der Waals surface area contributed by atoms with Gasteiger partial charge in [-0.25, -0.2) is 0 Å². The van der Waals surface area contributed by atoms with Crippen LogP contribution in [0.1, 0.15) is 17.1 Å². The zero-order valence-electron chi connectivity index (χ0n) is 8.90. The molecule has 0 aromatic carbocycles. The van der Waals surface area contributed by atoms with Crippen LogP contribution in [0.5, 0.6) is 0 Å². The summed E-state index contributed by atoms with van der Waals surface area (Å²) in [4.78, 5) is 4.26. The number of rotatable bonds is 4. The molecule has 0 saturated carbocycles. The van der Waals surface area contributed by atoms with Crippen molar-refractivity contribution in [3.63, 3.8) is 0 Å². The van der Waals surface area contributed by atoms with Gasteiger partial charge in [-0.15, -0.1) is 0 Å². The molecule has 5 heteroatoms. The lowest BCUT2D eigenvalue weighted by Crippen LogP contribution is -2.13. The van der Waals surface area contributed by atoms with Crippen LogP contribution in [0.3, 0.4) is 0 Å². The number of aryl methyl sites for hydroxylation is 1. The average Bonchev–Trinajstić information content (AvgIpc) is 2.67. The minimum absolute atomic E-state index is 0.690. The molecule has 16 heavy (non-hydrogen) atoms. The van der Waals surface area contributed by atoms with Gasteiger partial charge in [0.25, 0.3) is 0 Å². The fourth-order valence-corrected chi connectivity index (χ4v) is 1.57. The summed E-state index contributed by atoms with van der Waals surface area (Å²) in [6.45, 7) is 3.29. The fourth-order valence-electron chi connectivity index (χ4n) is 1.33. The minimum Gasteiger partial charge on any atom is -0.361 e. The Bertz CT molecular complexity index is 453. The molecule has 0 aliphatic heterocycles. The van der Waals surface area contributed by atoms with E-state index in [0.29, 0.717) is 6.54 Å². The van der Waals surface area contributed by atoms with Crippen molar-refractivity contribution in [2.24, 2.45) is 0 Å². The Morgan fingerprint density at radius 1 is 1.31 bits per heavy atom. The Labute approximate surface area is 102 Å². The highest BCUT2D eigenvalue weighted by Crippen LogP contribution is 2.07. The summed E-state index contributed by atoms with van der Waals surface area (Å²) in [6.07, 6.45) is 1.79. The van der Waals surface area contributed by atoms with Gasteiger partial charge in [0.2, 0.25) is 0 Å². The highest BCUT2D eigenvalue weighted by atomic mass is 79.9. The second kappa shape index (κ2) is 5.23. The molecule has 2 aromatic rings.